The summed E-state index contributed by atoms with van der Waals surface area (Å²) in [4.78, 5) is 0. The Morgan fingerprint density at radius 3 is 0.873 bits per heavy atom. The molecule has 0 amide bonds. The third kappa shape index (κ3) is 53.9. The van der Waals surface area contributed by atoms with Gasteiger partial charge in [0.2, 0.25) is 99.9 Å². The molecule has 0 aromatic heterocycles. The van der Waals surface area contributed by atoms with Crippen molar-refractivity contribution in [2.24, 2.45) is 11.8 Å². The summed E-state index contributed by atoms with van der Waals surface area (Å²) in [7, 11) is 5.88. The number of alkyl halides is 2. The zero-order valence-corrected chi connectivity index (χ0v) is 89.8. The highest BCUT2D eigenvalue weighted by atomic mass is 19.2. The molecule has 0 aliphatic carbocycles. The van der Waals surface area contributed by atoms with Gasteiger partial charge in [0, 0.05) is 28.4 Å². The Kier molecular flexibility index (Phi) is 74.7. The van der Waals surface area contributed by atoms with Crippen molar-refractivity contribution in [1.82, 2.24) is 0 Å². The van der Waals surface area contributed by atoms with Gasteiger partial charge in [0.05, 0.1) is 78.8 Å². The predicted octanol–water partition coefficient (Wildman–Crippen LogP) is 31.2. The third-order valence-electron chi connectivity index (χ3n) is 19.7. The number of hydrogen-bond acceptors (Lipinski definition) is 20. The molecule has 20 nitrogen and oxygen atoms in total. The number of benzene rings is 8. The summed E-state index contributed by atoms with van der Waals surface area (Å²) in [5.74, 6) is -18.1. The van der Waals surface area contributed by atoms with E-state index in [0.29, 0.717) is 77.5 Å². The number of methoxy groups -OCH3 is 4. The second-order valence-electron chi connectivity index (χ2n) is 33.0. The van der Waals surface area contributed by atoms with Crippen LogP contribution in [0.4, 0.5) is 79.0 Å². The van der Waals surface area contributed by atoms with Crippen LogP contribution in [0.2, 0.25) is 0 Å². The van der Waals surface area contributed by atoms with Gasteiger partial charge in [0.15, 0.2) is 98.3 Å². The predicted molar refractivity (Wildman–Crippen MR) is 543 cm³/mol. The third-order valence-corrected chi connectivity index (χ3v) is 19.7. The summed E-state index contributed by atoms with van der Waals surface area (Å²) in [6.45, 7) is 32.1. The van der Waals surface area contributed by atoms with Gasteiger partial charge in [-0.3, -0.25) is 0 Å². The highest BCUT2D eigenvalue weighted by Crippen LogP contribution is 2.37. The second kappa shape index (κ2) is 82.1. The molecule has 0 saturated heterocycles. The molecule has 0 N–H and O–H groups in total. The van der Waals surface area contributed by atoms with E-state index in [-0.39, 0.29) is 144 Å². The van der Waals surface area contributed by atoms with E-state index >= 15 is 0 Å². The lowest BCUT2D eigenvalue weighted by Gasteiger charge is -2.15. The Morgan fingerprint density at radius 1 is 0.253 bits per heavy atom. The van der Waals surface area contributed by atoms with Crippen LogP contribution < -0.4 is 75.8 Å². The van der Waals surface area contributed by atoms with Crippen LogP contribution >= 0.6 is 0 Å². The van der Waals surface area contributed by atoms with Gasteiger partial charge in [0.1, 0.15) is 38.7 Å². The zero-order valence-electron chi connectivity index (χ0n) is 89.8. The van der Waals surface area contributed by atoms with Crippen LogP contribution in [-0.2, 0) is 18.9 Å². The monoisotopic (exact) mass is 2160 g/mol. The Morgan fingerprint density at radius 2 is 0.553 bits per heavy atom. The second-order valence-corrected chi connectivity index (χ2v) is 33.0. The maximum Gasteiger partial charge on any atom is 0.228 e. The van der Waals surface area contributed by atoms with Crippen LogP contribution in [0.3, 0.4) is 0 Å². The van der Waals surface area contributed by atoms with E-state index in [0.717, 1.165) is 96.0 Å². The van der Waals surface area contributed by atoms with E-state index in [2.05, 4.69) is 69.2 Å². The van der Waals surface area contributed by atoms with Gasteiger partial charge in [-0.15, -0.1) is 0 Å². The molecule has 0 aliphatic heterocycles. The van der Waals surface area contributed by atoms with E-state index < -0.39 is 119 Å². The molecule has 0 heterocycles. The smallest absolute Gasteiger partial charge is 0.228 e. The lowest BCUT2D eigenvalue weighted by Crippen LogP contribution is -2.22. The average Bonchev–Trinajstić information content (AvgIpc) is 0.890. The van der Waals surface area contributed by atoms with Crippen molar-refractivity contribution in [3.63, 3.8) is 0 Å². The van der Waals surface area contributed by atoms with Crippen molar-refractivity contribution in [3.8, 4) is 92.0 Å². The van der Waals surface area contributed by atoms with Crippen molar-refractivity contribution in [1.29, 1.82) is 0 Å². The van der Waals surface area contributed by atoms with Gasteiger partial charge in [-0.25, -0.2) is 8.78 Å². The van der Waals surface area contributed by atoms with Crippen molar-refractivity contribution in [3.05, 3.63) is 227 Å². The minimum absolute atomic E-state index is 0.0443. The maximum atomic E-state index is 14.0. The van der Waals surface area contributed by atoms with Crippen LogP contribution in [0.25, 0.3) is 0 Å². The zero-order chi connectivity index (χ0) is 112. The molecule has 846 valence electrons. The fourth-order valence-electron chi connectivity index (χ4n) is 11.8. The fourth-order valence-corrected chi connectivity index (χ4v) is 11.8. The van der Waals surface area contributed by atoms with Crippen molar-refractivity contribution in [2.45, 2.75) is 238 Å². The van der Waals surface area contributed by atoms with Gasteiger partial charge in [0.25, 0.3) is 0 Å². The highest BCUT2D eigenvalue weighted by Gasteiger charge is 2.25. The van der Waals surface area contributed by atoms with Gasteiger partial charge in [-0.1, -0.05) is 138 Å². The van der Waals surface area contributed by atoms with Gasteiger partial charge < -0.3 is 94.7 Å². The molecule has 8 aromatic rings. The lowest BCUT2D eigenvalue weighted by atomic mass is 10.1. The molecule has 0 radical (unpaired) electrons. The van der Waals surface area contributed by atoms with E-state index in [9.17, 15) is 79.0 Å². The number of unbranched alkanes of at least 4 members (excludes halogenated alkanes) is 8. The largest absolute Gasteiger partial charge is 0.491 e. The van der Waals surface area contributed by atoms with Crippen molar-refractivity contribution in [2.75, 3.05) is 134 Å². The van der Waals surface area contributed by atoms with E-state index in [1.54, 1.807) is 53.7 Å². The minimum Gasteiger partial charge on any atom is -0.491 e. The molecule has 3 atom stereocenters. The molecule has 0 saturated carbocycles. The number of allylic oxidation sites excluding steroid dienone is 4. The highest BCUT2D eigenvalue weighted by molar-refractivity contribution is 5.41. The summed E-state index contributed by atoms with van der Waals surface area (Å²) in [6, 6.07) is 21.3. The first-order valence-corrected chi connectivity index (χ1v) is 50.1. The van der Waals surface area contributed by atoms with Crippen LogP contribution in [-0.4, -0.2) is 159 Å². The first kappa shape index (κ1) is 136. The fraction of sp³-hybridized carbons (Fsp3) is 0.518. The van der Waals surface area contributed by atoms with E-state index in [1.165, 1.54) is 119 Å². The normalized spacial score (nSPS) is 11.4. The SMILES string of the molecule is C/C=C/C(C)Oc1ccc(OCCCC)c(F)c1F.CCCCCCOc1ccc(OCCC/C=C/C(C)C)c(F)c1F.CCCCCOc1ccc(OCC/C=C\CC(C)C)c(F)c1F.CCCCOc1ccc(OC(C)COC)c(F)c1F.CCCOc1ccc(OCCF)c(F)c1F.CCOc1ccc(OCC(C)OC)c(F)c1F.CCOc1ccc(OCC(OC)OC)c(F)c1F.CCOc1ccc(OCF)c(F)c1F. The van der Waals surface area contributed by atoms with Gasteiger partial charge >= 0.3 is 0 Å². The Bertz CT molecular complexity index is 4990. The number of hydrogen-bond donors (Lipinski definition) is 0. The number of rotatable bonds is 61. The summed E-state index contributed by atoms with van der Waals surface area (Å²) in [6.07, 6.45) is 24.8. The number of halogens is 18. The first-order chi connectivity index (χ1) is 71.9. The Hall–Kier alpha value is -11.6. The summed E-state index contributed by atoms with van der Waals surface area (Å²) in [5, 5.41) is 0. The van der Waals surface area contributed by atoms with Crippen LogP contribution in [0, 0.1) is 105 Å². The summed E-state index contributed by atoms with van der Waals surface area (Å²) in [5.41, 5.74) is 0. The van der Waals surface area contributed by atoms with Crippen LogP contribution in [0.5, 0.6) is 92.0 Å². The molecular weight excluding hydrogens is 2010 g/mol. The Labute approximate surface area is 872 Å². The lowest BCUT2D eigenvalue weighted by molar-refractivity contribution is -0.122. The van der Waals surface area contributed by atoms with Crippen molar-refractivity contribution < 1.29 is 174 Å². The minimum atomic E-state index is -1.24. The van der Waals surface area contributed by atoms with Gasteiger partial charge in [-0.05, 0) is 221 Å². The summed E-state index contributed by atoms with van der Waals surface area (Å²) < 4.78 is 341. The molecule has 0 aliphatic rings. The molecule has 38 heteroatoms. The van der Waals surface area contributed by atoms with Crippen LogP contribution in [0.1, 0.15) is 214 Å². The molecule has 0 spiro atoms. The molecular formula is C112H152F18O20. The molecule has 8 rings (SSSR count). The first-order valence-electron chi connectivity index (χ1n) is 50.1. The van der Waals surface area contributed by atoms with Crippen LogP contribution in [0.15, 0.2) is 134 Å². The average molecular weight is 2160 g/mol. The quantitative estimate of drug-likeness (QED) is 0.0152. The standard InChI is InChI=1S/C20H30F2O2.C19H28F2O2.C15H20F2O2.C14H20F2O3.C12H16F2O4.C12H16F2O3.C11H13F3O2.C9H9F3O2/c1-4-5-6-9-14-23-17-12-13-18(20(22)19(17)21)24-15-10-7-8-11-16(2)3;1-4-5-8-13-22-16-11-12-17(19(21)18(16)20)23-14-9-6-7-10-15(2)3;1-4-6-10-18-12-8-9-13(15(17)14(12)16)19-11(3)7-5-2;1-4-5-8-18-11-6-7-12(14(16)13(11)15)19-10(2)9-17-3;1-4-17-8-5-6-9(12(14)11(8)13)18-7-10(15-2)16-3;1-4-16-9-5-6-10(12(14)11(9)13)17-7-8(2)15-3;1-2-6-15-8-3-4-9(16-7-5-12)11(14)10(8)13;1-2-13-6-3-4-7(14-5-10)9(12)8(6)11/h8,11-13,16H,4-7,9-10,14-15H2,1-3H3;6-7,11-12,15H,4-5,8-10,13-14H2,1-3H3;5,7-9,11H,4,6,10H2,1-3H3;6-7,10H,4-5,8-9H2,1-3H3;5-6,10H,4,7H2,1-3H3;5-6,8H,4,7H2,1-3H3;3-4H,2,5-7H2,1H3;3-4H,2,5H2,1H3/b11-8+;7-6-;7-5+;;;;;. The molecule has 0 fully saturated rings. The topological polar surface area (TPSA) is 185 Å². The number of ether oxygens (including phenoxy) is 20. The van der Waals surface area contributed by atoms with E-state index in [4.69, 9.17) is 85.3 Å². The summed E-state index contributed by atoms with van der Waals surface area (Å²) >= 11 is 0. The molecule has 8 aromatic carbocycles. The molecule has 150 heavy (non-hydrogen) atoms. The maximum absolute atomic E-state index is 14.0. The Balaban J connectivity index is 0.000000861. The molecule has 0 bridgehead atoms. The molecule has 3 unspecified atom stereocenters. The van der Waals surface area contributed by atoms with E-state index in [1.807, 2.05) is 33.8 Å². The van der Waals surface area contributed by atoms with Crippen molar-refractivity contribution >= 4 is 0 Å². The van der Waals surface area contributed by atoms with Gasteiger partial charge in [-0.2, -0.15) is 70.2 Å².